The van der Waals surface area contributed by atoms with E-state index in [1.165, 1.54) is 11.8 Å². The monoisotopic (exact) mass is 367 g/mol. The summed E-state index contributed by atoms with van der Waals surface area (Å²) in [5.41, 5.74) is 3.99. The summed E-state index contributed by atoms with van der Waals surface area (Å²) < 4.78 is 1.69. The van der Waals surface area contributed by atoms with E-state index in [4.69, 9.17) is 0 Å². The van der Waals surface area contributed by atoms with Gasteiger partial charge in [-0.3, -0.25) is 4.79 Å². The van der Waals surface area contributed by atoms with Crippen LogP contribution in [0, 0.1) is 13.8 Å². The highest BCUT2D eigenvalue weighted by Crippen LogP contribution is 2.26. The van der Waals surface area contributed by atoms with Gasteiger partial charge >= 0.3 is 0 Å². The second-order valence-electron chi connectivity index (χ2n) is 6.16. The second kappa shape index (κ2) is 7.70. The zero-order valence-electron chi connectivity index (χ0n) is 15.2. The van der Waals surface area contributed by atoms with E-state index in [1.807, 2.05) is 63.2 Å². The van der Waals surface area contributed by atoms with Crippen molar-refractivity contribution in [1.29, 1.82) is 0 Å². The van der Waals surface area contributed by atoms with E-state index in [1.54, 1.807) is 16.6 Å². The first kappa shape index (κ1) is 18.1. The number of hydrogen-bond acceptors (Lipinski definition) is 5. The number of carbonyl (C=O) groups excluding carboxylic acids is 1. The molecule has 6 nitrogen and oxygen atoms in total. The van der Waals surface area contributed by atoms with Gasteiger partial charge in [-0.2, -0.15) is 4.68 Å². The van der Waals surface area contributed by atoms with E-state index in [0.29, 0.717) is 5.16 Å². The Balaban J connectivity index is 1.81. The molecule has 0 unspecified atom stereocenters. The fourth-order valence-corrected chi connectivity index (χ4v) is 3.50. The molecule has 0 spiro atoms. The van der Waals surface area contributed by atoms with Gasteiger partial charge in [0.1, 0.15) is 0 Å². The van der Waals surface area contributed by atoms with Crippen LogP contribution in [-0.4, -0.2) is 38.4 Å². The van der Waals surface area contributed by atoms with Gasteiger partial charge in [0.05, 0.1) is 10.9 Å². The van der Waals surface area contributed by atoms with Crippen molar-refractivity contribution >= 4 is 23.4 Å². The van der Waals surface area contributed by atoms with Gasteiger partial charge in [0, 0.05) is 12.7 Å². The summed E-state index contributed by atoms with van der Waals surface area (Å²) in [6, 6.07) is 15.7. The smallest absolute Gasteiger partial charge is 0.240 e. The van der Waals surface area contributed by atoms with Crippen molar-refractivity contribution in [2.45, 2.75) is 31.2 Å². The van der Waals surface area contributed by atoms with Crippen molar-refractivity contribution in [1.82, 2.24) is 20.2 Å². The van der Waals surface area contributed by atoms with E-state index in [2.05, 4.69) is 21.6 Å². The zero-order chi connectivity index (χ0) is 18.7. The minimum absolute atomic E-state index is 0.00304. The maximum absolute atomic E-state index is 12.8. The van der Waals surface area contributed by atoms with Gasteiger partial charge in [-0.25, -0.2) is 0 Å². The predicted octanol–water partition coefficient (Wildman–Crippen LogP) is 3.42. The van der Waals surface area contributed by atoms with E-state index in [-0.39, 0.29) is 11.2 Å². The summed E-state index contributed by atoms with van der Waals surface area (Å²) in [6.07, 6.45) is 0. The molecule has 0 bridgehead atoms. The molecular formula is C19H21N5OS. The maximum Gasteiger partial charge on any atom is 0.240 e. The van der Waals surface area contributed by atoms with Crippen LogP contribution < -0.4 is 4.90 Å². The molecule has 3 rings (SSSR count). The third-order valence-corrected chi connectivity index (χ3v) is 5.16. The Bertz CT molecular complexity index is 909. The van der Waals surface area contributed by atoms with Crippen molar-refractivity contribution in [3.8, 4) is 5.69 Å². The van der Waals surface area contributed by atoms with Crippen molar-refractivity contribution in [3.63, 3.8) is 0 Å². The number of hydrogen-bond donors (Lipinski definition) is 0. The predicted molar refractivity (Wildman–Crippen MR) is 104 cm³/mol. The number of carbonyl (C=O) groups is 1. The molecule has 0 aliphatic heterocycles. The fourth-order valence-electron chi connectivity index (χ4n) is 2.61. The lowest BCUT2D eigenvalue weighted by molar-refractivity contribution is -0.117. The van der Waals surface area contributed by atoms with E-state index in [9.17, 15) is 4.79 Å². The van der Waals surface area contributed by atoms with Crippen LogP contribution in [-0.2, 0) is 4.79 Å². The van der Waals surface area contributed by atoms with Gasteiger partial charge in [-0.15, -0.1) is 5.10 Å². The van der Waals surface area contributed by atoms with Gasteiger partial charge in [0.25, 0.3) is 0 Å². The Morgan fingerprint density at radius 1 is 1.15 bits per heavy atom. The summed E-state index contributed by atoms with van der Waals surface area (Å²) in [5, 5.41) is 12.3. The Kier molecular flexibility index (Phi) is 5.37. The Labute approximate surface area is 157 Å². The van der Waals surface area contributed by atoms with E-state index in [0.717, 1.165) is 22.5 Å². The van der Waals surface area contributed by atoms with Crippen LogP contribution >= 0.6 is 11.8 Å². The Morgan fingerprint density at radius 2 is 1.88 bits per heavy atom. The van der Waals surface area contributed by atoms with Gasteiger partial charge in [0.15, 0.2) is 0 Å². The second-order valence-corrected chi connectivity index (χ2v) is 7.46. The number of nitrogens with zero attached hydrogens (tertiary/aromatic N) is 5. The maximum atomic E-state index is 12.8. The number of aryl methyl sites for hydroxylation is 2. The Morgan fingerprint density at radius 3 is 2.62 bits per heavy atom. The minimum atomic E-state index is -0.324. The highest BCUT2D eigenvalue weighted by molar-refractivity contribution is 8.00. The molecule has 0 saturated heterocycles. The molecule has 0 fully saturated rings. The SMILES string of the molecule is Cc1ccc(C)c(-n2nnnc2S[C@@H](C)C(=O)N(C)c2ccccc2)c1. The molecule has 1 heterocycles. The fraction of sp³-hybridized carbons (Fsp3) is 0.263. The molecule has 3 aromatic rings. The highest BCUT2D eigenvalue weighted by atomic mass is 32.2. The molecule has 7 heteroatoms. The topological polar surface area (TPSA) is 63.9 Å². The quantitative estimate of drug-likeness (QED) is 0.647. The third-order valence-electron chi connectivity index (χ3n) is 4.14. The Hall–Kier alpha value is -2.67. The van der Waals surface area contributed by atoms with Crippen LogP contribution in [0.25, 0.3) is 5.69 Å². The van der Waals surface area contributed by atoms with Crippen LogP contribution in [0.3, 0.4) is 0 Å². The highest BCUT2D eigenvalue weighted by Gasteiger charge is 2.23. The average Bonchev–Trinajstić information content (AvgIpc) is 3.11. The lowest BCUT2D eigenvalue weighted by atomic mass is 10.1. The lowest BCUT2D eigenvalue weighted by Gasteiger charge is -2.21. The molecule has 1 aromatic heterocycles. The molecule has 0 radical (unpaired) electrons. The molecule has 0 aliphatic rings. The number of para-hydroxylation sites is 1. The number of amides is 1. The molecule has 26 heavy (non-hydrogen) atoms. The summed E-state index contributed by atoms with van der Waals surface area (Å²) in [6.45, 7) is 5.91. The van der Waals surface area contributed by atoms with Crippen molar-refractivity contribution in [3.05, 3.63) is 59.7 Å². The minimum Gasteiger partial charge on any atom is -0.315 e. The third kappa shape index (κ3) is 3.77. The standard InChI is InChI=1S/C19H21N5OS/c1-13-10-11-14(2)17(12-13)24-19(20-21-22-24)26-15(3)18(25)23(4)16-8-6-5-7-9-16/h5-12,15H,1-4H3/t15-/m0/s1. The van der Waals surface area contributed by atoms with Crippen LogP contribution in [0.15, 0.2) is 53.7 Å². The van der Waals surface area contributed by atoms with Crippen molar-refractivity contribution in [2.75, 3.05) is 11.9 Å². The van der Waals surface area contributed by atoms with Crippen molar-refractivity contribution in [2.24, 2.45) is 0 Å². The molecule has 0 saturated carbocycles. The van der Waals surface area contributed by atoms with Gasteiger partial charge < -0.3 is 4.90 Å². The molecular weight excluding hydrogens is 346 g/mol. The summed E-state index contributed by atoms with van der Waals surface area (Å²) in [7, 11) is 1.78. The van der Waals surface area contributed by atoms with Gasteiger partial charge in [-0.1, -0.05) is 42.1 Å². The molecule has 134 valence electrons. The first-order valence-corrected chi connectivity index (χ1v) is 9.20. The normalized spacial score (nSPS) is 12.0. The van der Waals surface area contributed by atoms with E-state index < -0.39 is 0 Å². The zero-order valence-corrected chi connectivity index (χ0v) is 16.1. The lowest BCUT2D eigenvalue weighted by Crippen LogP contribution is -2.33. The molecule has 1 atom stereocenters. The molecule has 0 aliphatic carbocycles. The largest absolute Gasteiger partial charge is 0.315 e. The number of benzene rings is 2. The molecule has 2 aromatic carbocycles. The summed E-state index contributed by atoms with van der Waals surface area (Å²) in [4.78, 5) is 14.4. The summed E-state index contributed by atoms with van der Waals surface area (Å²) >= 11 is 1.35. The van der Waals surface area contributed by atoms with Crippen LogP contribution in [0.2, 0.25) is 0 Å². The van der Waals surface area contributed by atoms with E-state index >= 15 is 0 Å². The van der Waals surface area contributed by atoms with Crippen LogP contribution in [0.4, 0.5) is 5.69 Å². The number of aromatic nitrogens is 4. The summed E-state index contributed by atoms with van der Waals surface area (Å²) in [5.74, 6) is -0.00304. The average molecular weight is 367 g/mol. The van der Waals surface area contributed by atoms with Crippen LogP contribution in [0.1, 0.15) is 18.1 Å². The van der Waals surface area contributed by atoms with Crippen molar-refractivity contribution < 1.29 is 4.79 Å². The number of tetrazole rings is 1. The van der Waals surface area contributed by atoms with Crippen LogP contribution in [0.5, 0.6) is 0 Å². The number of thioether (sulfide) groups is 1. The first-order chi connectivity index (χ1) is 12.5. The first-order valence-electron chi connectivity index (χ1n) is 8.32. The van der Waals surface area contributed by atoms with Gasteiger partial charge in [0.2, 0.25) is 11.1 Å². The molecule has 1 amide bonds. The number of rotatable bonds is 5. The number of anilines is 1. The molecule has 0 N–H and O–H groups in total. The van der Waals surface area contributed by atoms with Gasteiger partial charge in [-0.05, 0) is 60.5 Å².